The predicted molar refractivity (Wildman–Crippen MR) is 114 cm³/mol. The van der Waals surface area contributed by atoms with E-state index in [1.165, 1.54) is 24.4 Å². The van der Waals surface area contributed by atoms with Crippen LogP contribution in [0.3, 0.4) is 0 Å². The van der Waals surface area contributed by atoms with Crippen LogP contribution in [0.15, 0.2) is 42.7 Å². The number of morpholine rings is 1. The van der Waals surface area contributed by atoms with Crippen LogP contribution in [0, 0.1) is 5.82 Å². The van der Waals surface area contributed by atoms with Crippen LogP contribution in [0.1, 0.15) is 26.4 Å². The van der Waals surface area contributed by atoms with Gasteiger partial charge < -0.3 is 14.6 Å². The van der Waals surface area contributed by atoms with Gasteiger partial charge in [0.25, 0.3) is 11.8 Å². The second-order valence-corrected chi connectivity index (χ2v) is 7.53. The van der Waals surface area contributed by atoms with E-state index in [0.717, 1.165) is 18.7 Å². The SMILES string of the molecule is O=C(NO)c1cc2c(C(=O)NCCN3CCOCC3)cn(Cc3ccc(F)cc3)c2cn1. The highest BCUT2D eigenvalue weighted by Gasteiger charge is 2.19. The number of hydrogen-bond donors (Lipinski definition) is 3. The molecule has 2 aromatic heterocycles. The van der Waals surface area contributed by atoms with Crippen molar-refractivity contribution in [2.24, 2.45) is 0 Å². The van der Waals surface area contributed by atoms with E-state index in [9.17, 15) is 14.0 Å². The van der Waals surface area contributed by atoms with Crippen LogP contribution in [-0.2, 0) is 11.3 Å². The van der Waals surface area contributed by atoms with Crippen LogP contribution < -0.4 is 10.8 Å². The summed E-state index contributed by atoms with van der Waals surface area (Å²) in [6.07, 6.45) is 3.17. The lowest BCUT2D eigenvalue weighted by molar-refractivity contribution is 0.0383. The lowest BCUT2D eigenvalue weighted by Gasteiger charge is -2.26. The summed E-state index contributed by atoms with van der Waals surface area (Å²) < 4.78 is 20.4. The summed E-state index contributed by atoms with van der Waals surface area (Å²) in [6, 6.07) is 7.57. The summed E-state index contributed by atoms with van der Waals surface area (Å²) in [4.78, 5) is 31.1. The molecule has 1 fully saturated rings. The third-order valence-corrected chi connectivity index (χ3v) is 5.43. The summed E-state index contributed by atoms with van der Waals surface area (Å²) in [5, 5.41) is 12.4. The smallest absolute Gasteiger partial charge is 0.293 e. The van der Waals surface area contributed by atoms with Gasteiger partial charge in [0.05, 0.1) is 30.5 Å². The van der Waals surface area contributed by atoms with Gasteiger partial charge in [-0.25, -0.2) is 14.9 Å². The molecule has 0 unspecified atom stereocenters. The highest BCUT2D eigenvalue weighted by molar-refractivity contribution is 6.08. The highest BCUT2D eigenvalue weighted by atomic mass is 19.1. The van der Waals surface area contributed by atoms with Crippen molar-refractivity contribution in [2.45, 2.75) is 6.54 Å². The number of halogens is 1. The molecule has 3 heterocycles. The molecule has 1 saturated heterocycles. The standard InChI is InChI=1S/C22H24FN5O4/c23-16-3-1-15(2-4-16)13-28-14-18(17-11-19(22(30)26-31)25-12-20(17)28)21(29)24-5-6-27-7-9-32-10-8-27/h1-4,11-12,14,31H,5-10,13H2,(H,24,29)(H,26,30). The van der Waals surface area contributed by atoms with E-state index in [0.29, 0.717) is 49.3 Å². The largest absolute Gasteiger partial charge is 0.379 e. The minimum atomic E-state index is -0.767. The average molecular weight is 441 g/mol. The first-order valence-electron chi connectivity index (χ1n) is 10.3. The molecule has 3 aromatic rings. The maximum atomic E-state index is 13.3. The molecule has 168 valence electrons. The van der Waals surface area contributed by atoms with E-state index in [4.69, 9.17) is 9.94 Å². The molecular weight excluding hydrogens is 417 g/mol. The first-order valence-corrected chi connectivity index (χ1v) is 10.3. The predicted octanol–water partition coefficient (Wildman–Crippen LogP) is 1.40. The molecule has 3 N–H and O–H groups in total. The number of rotatable bonds is 7. The van der Waals surface area contributed by atoms with Crippen molar-refractivity contribution in [3.05, 3.63) is 65.4 Å². The number of nitrogens with zero attached hydrogens (tertiary/aromatic N) is 3. The number of hydrogen-bond acceptors (Lipinski definition) is 6. The van der Waals surface area contributed by atoms with Crippen LogP contribution >= 0.6 is 0 Å². The minimum absolute atomic E-state index is 0.0121. The van der Waals surface area contributed by atoms with Gasteiger partial charge in [-0.1, -0.05) is 12.1 Å². The number of amides is 2. The molecule has 0 bridgehead atoms. The summed E-state index contributed by atoms with van der Waals surface area (Å²) in [5.41, 5.74) is 3.42. The second-order valence-electron chi connectivity index (χ2n) is 7.53. The van der Waals surface area contributed by atoms with Crippen molar-refractivity contribution in [1.29, 1.82) is 0 Å². The molecule has 1 aliphatic rings. The quantitative estimate of drug-likeness (QED) is 0.378. The molecule has 1 aromatic carbocycles. The van der Waals surface area contributed by atoms with E-state index >= 15 is 0 Å². The number of aromatic nitrogens is 2. The number of nitrogens with one attached hydrogen (secondary N) is 2. The molecule has 1 aliphatic heterocycles. The average Bonchev–Trinajstić information content (AvgIpc) is 3.18. The van der Waals surface area contributed by atoms with Gasteiger partial charge in [0.15, 0.2) is 0 Å². The molecule has 0 aliphatic carbocycles. The van der Waals surface area contributed by atoms with Crippen LogP contribution in [0.25, 0.3) is 10.9 Å². The molecule has 10 heteroatoms. The molecule has 2 amide bonds. The maximum absolute atomic E-state index is 13.3. The lowest BCUT2D eigenvalue weighted by Crippen LogP contribution is -2.41. The number of fused-ring (bicyclic) bond motifs is 1. The van der Waals surface area contributed by atoms with Gasteiger partial charge >= 0.3 is 0 Å². The van der Waals surface area contributed by atoms with Gasteiger partial charge in [0, 0.05) is 44.3 Å². The Morgan fingerprint density at radius 1 is 1.16 bits per heavy atom. The number of pyridine rings is 1. The first kappa shape index (κ1) is 21.9. The third kappa shape index (κ3) is 4.93. The van der Waals surface area contributed by atoms with Crippen molar-refractivity contribution in [1.82, 2.24) is 25.2 Å². The summed E-state index contributed by atoms with van der Waals surface area (Å²) in [5.74, 6) is -1.37. The van der Waals surface area contributed by atoms with E-state index in [1.807, 2.05) is 4.57 Å². The fraction of sp³-hybridized carbons (Fsp3) is 0.318. The number of ether oxygens (including phenoxy) is 1. The van der Waals surface area contributed by atoms with Crippen molar-refractivity contribution >= 4 is 22.7 Å². The Morgan fingerprint density at radius 2 is 1.91 bits per heavy atom. The Labute approximate surface area is 183 Å². The minimum Gasteiger partial charge on any atom is -0.379 e. The number of carbonyl (C=O) groups is 2. The fourth-order valence-electron chi connectivity index (χ4n) is 3.71. The molecule has 0 saturated carbocycles. The molecule has 9 nitrogen and oxygen atoms in total. The van der Waals surface area contributed by atoms with Gasteiger partial charge in [-0.15, -0.1) is 0 Å². The van der Waals surface area contributed by atoms with Gasteiger partial charge in [0.1, 0.15) is 11.5 Å². The zero-order valence-corrected chi connectivity index (χ0v) is 17.4. The van der Waals surface area contributed by atoms with Gasteiger partial charge in [-0.05, 0) is 23.8 Å². The van der Waals surface area contributed by atoms with Crippen molar-refractivity contribution in [2.75, 3.05) is 39.4 Å². The molecule has 0 radical (unpaired) electrons. The van der Waals surface area contributed by atoms with E-state index in [2.05, 4.69) is 15.2 Å². The van der Waals surface area contributed by atoms with E-state index < -0.39 is 5.91 Å². The zero-order valence-electron chi connectivity index (χ0n) is 17.4. The Bertz CT molecular complexity index is 1110. The van der Waals surface area contributed by atoms with Crippen molar-refractivity contribution in [3.8, 4) is 0 Å². The molecule has 0 spiro atoms. The molecule has 0 atom stereocenters. The molecule has 4 rings (SSSR count). The summed E-state index contributed by atoms with van der Waals surface area (Å²) >= 11 is 0. The highest BCUT2D eigenvalue weighted by Crippen LogP contribution is 2.23. The Kier molecular flexibility index (Phi) is 6.74. The van der Waals surface area contributed by atoms with Crippen molar-refractivity contribution in [3.63, 3.8) is 0 Å². The van der Waals surface area contributed by atoms with Crippen LogP contribution in [-0.4, -0.2) is 70.9 Å². The monoisotopic (exact) mass is 441 g/mol. The van der Waals surface area contributed by atoms with E-state index in [1.54, 1.807) is 23.8 Å². The Balaban J connectivity index is 1.59. The second kappa shape index (κ2) is 9.86. The topological polar surface area (TPSA) is 109 Å². The Morgan fingerprint density at radius 3 is 2.62 bits per heavy atom. The normalized spacial score (nSPS) is 14.4. The van der Waals surface area contributed by atoms with Crippen molar-refractivity contribution < 1.29 is 23.9 Å². The van der Waals surface area contributed by atoms with Gasteiger partial charge in [0.2, 0.25) is 0 Å². The molecule has 32 heavy (non-hydrogen) atoms. The zero-order chi connectivity index (χ0) is 22.5. The lowest BCUT2D eigenvalue weighted by atomic mass is 10.1. The van der Waals surface area contributed by atoms with Gasteiger partial charge in [-0.3, -0.25) is 19.7 Å². The Hall–Kier alpha value is -3.34. The fourth-order valence-corrected chi connectivity index (χ4v) is 3.71. The van der Waals surface area contributed by atoms with E-state index in [-0.39, 0.29) is 17.4 Å². The first-order chi connectivity index (χ1) is 15.5. The summed E-state index contributed by atoms with van der Waals surface area (Å²) in [6.45, 7) is 4.62. The van der Waals surface area contributed by atoms with Crippen LogP contribution in [0.5, 0.6) is 0 Å². The maximum Gasteiger partial charge on any atom is 0.293 e. The number of carbonyl (C=O) groups excluding carboxylic acids is 2. The number of hydroxylamine groups is 1. The van der Waals surface area contributed by atoms with Gasteiger partial charge in [-0.2, -0.15) is 0 Å². The number of benzene rings is 1. The third-order valence-electron chi connectivity index (χ3n) is 5.43. The summed E-state index contributed by atoms with van der Waals surface area (Å²) in [7, 11) is 0. The van der Waals surface area contributed by atoms with Crippen LogP contribution in [0.4, 0.5) is 4.39 Å². The van der Waals surface area contributed by atoms with Crippen LogP contribution in [0.2, 0.25) is 0 Å². The molecular formula is C22H24FN5O4.